The van der Waals surface area contributed by atoms with E-state index >= 15 is 0 Å². The molecule has 1 aromatic carbocycles. The van der Waals surface area contributed by atoms with Crippen LogP contribution in [0, 0.1) is 11.8 Å². The standard InChI is InChI=1S/C20H30O2.CH4/c1-15-3-7-17(8-4-15)18-9-13-20(14-10-18)22-21-19-11-5-16(2)6-12-19;/h9-10,13-17,19H,3-8,11-12H2,1-2H3;1H4. The Morgan fingerprint density at radius 3 is 1.83 bits per heavy atom. The van der Waals surface area contributed by atoms with Crippen molar-refractivity contribution in [1.82, 2.24) is 0 Å². The highest BCUT2D eigenvalue weighted by molar-refractivity contribution is 5.29. The second-order valence-corrected chi connectivity index (χ2v) is 7.59. The summed E-state index contributed by atoms with van der Waals surface area (Å²) >= 11 is 0. The van der Waals surface area contributed by atoms with Crippen LogP contribution in [0.5, 0.6) is 5.75 Å². The van der Waals surface area contributed by atoms with Gasteiger partial charge in [-0.3, -0.25) is 0 Å². The van der Waals surface area contributed by atoms with Gasteiger partial charge in [0.25, 0.3) is 0 Å². The lowest BCUT2D eigenvalue weighted by Gasteiger charge is -2.26. The van der Waals surface area contributed by atoms with Crippen LogP contribution in [-0.2, 0) is 4.89 Å². The molecule has 0 radical (unpaired) electrons. The fourth-order valence-electron chi connectivity index (χ4n) is 3.84. The molecule has 0 aromatic heterocycles. The molecular formula is C21H34O2. The molecule has 2 fully saturated rings. The molecular weight excluding hydrogens is 284 g/mol. The predicted octanol–water partition coefficient (Wildman–Crippen LogP) is 6.51. The van der Waals surface area contributed by atoms with Gasteiger partial charge in [-0.25, -0.2) is 0 Å². The Balaban J connectivity index is 0.00000192. The third-order valence-corrected chi connectivity index (χ3v) is 5.61. The minimum Gasteiger partial charge on any atom is -0.337 e. The third kappa shape index (κ3) is 5.24. The van der Waals surface area contributed by atoms with Gasteiger partial charge in [-0.15, -0.1) is 0 Å². The summed E-state index contributed by atoms with van der Waals surface area (Å²) in [5.74, 6) is 3.33. The smallest absolute Gasteiger partial charge is 0.165 e. The van der Waals surface area contributed by atoms with Crippen molar-refractivity contribution in [1.29, 1.82) is 0 Å². The van der Waals surface area contributed by atoms with E-state index in [1.165, 1.54) is 44.1 Å². The summed E-state index contributed by atoms with van der Waals surface area (Å²) in [7, 11) is 0. The molecule has 0 unspecified atom stereocenters. The van der Waals surface area contributed by atoms with Gasteiger partial charge in [-0.1, -0.05) is 46.2 Å². The predicted molar refractivity (Wildman–Crippen MR) is 96.7 cm³/mol. The van der Waals surface area contributed by atoms with Gasteiger partial charge in [-0.05, 0) is 74.0 Å². The lowest BCUT2D eigenvalue weighted by atomic mass is 9.79. The maximum absolute atomic E-state index is 5.62. The van der Waals surface area contributed by atoms with Gasteiger partial charge >= 0.3 is 0 Å². The van der Waals surface area contributed by atoms with Gasteiger partial charge in [-0.2, -0.15) is 4.89 Å². The van der Waals surface area contributed by atoms with Crippen molar-refractivity contribution >= 4 is 0 Å². The van der Waals surface area contributed by atoms with Crippen molar-refractivity contribution in [3.8, 4) is 5.75 Å². The van der Waals surface area contributed by atoms with Crippen LogP contribution >= 0.6 is 0 Å². The fraction of sp³-hybridized carbons (Fsp3) is 0.714. The molecule has 2 heteroatoms. The van der Waals surface area contributed by atoms with Crippen LogP contribution in [0.4, 0.5) is 0 Å². The van der Waals surface area contributed by atoms with Crippen molar-refractivity contribution in [2.45, 2.75) is 84.7 Å². The van der Waals surface area contributed by atoms with E-state index in [-0.39, 0.29) is 13.5 Å². The zero-order valence-electron chi connectivity index (χ0n) is 14.1. The third-order valence-electron chi connectivity index (χ3n) is 5.61. The first-order valence-corrected chi connectivity index (χ1v) is 9.14. The molecule has 0 amide bonds. The molecule has 2 saturated carbocycles. The van der Waals surface area contributed by atoms with Crippen LogP contribution in [0.2, 0.25) is 0 Å². The second kappa shape index (κ2) is 8.73. The lowest BCUT2D eigenvalue weighted by Crippen LogP contribution is -2.21. The van der Waals surface area contributed by atoms with Gasteiger partial charge in [0.15, 0.2) is 5.75 Å². The minimum absolute atomic E-state index is 0. The first-order chi connectivity index (χ1) is 10.7. The molecule has 0 saturated heterocycles. The monoisotopic (exact) mass is 318 g/mol. The zero-order chi connectivity index (χ0) is 15.4. The van der Waals surface area contributed by atoms with Crippen molar-refractivity contribution in [3.05, 3.63) is 29.8 Å². The molecule has 2 aliphatic carbocycles. The summed E-state index contributed by atoms with van der Waals surface area (Å²) in [6.45, 7) is 4.69. The summed E-state index contributed by atoms with van der Waals surface area (Å²) in [4.78, 5) is 11.2. The number of hydrogen-bond donors (Lipinski definition) is 0. The van der Waals surface area contributed by atoms with Gasteiger partial charge in [0.05, 0.1) is 0 Å². The van der Waals surface area contributed by atoms with E-state index < -0.39 is 0 Å². The molecule has 0 N–H and O–H groups in total. The van der Waals surface area contributed by atoms with Gasteiger partial charge in [0.2, 0.25) is 0 Å². The highest BCUT2D eigenvalue weighted by Crippen LogP contribution is 2.36. The highest BCUT2D eigenvalue weighted by Gasteiger charge is 2.21. The van der Waals surface area contributed by atoms with Crippen LogP contribution in [0.3, 0.4) is 0 Å². The maximum Gasteiger partial charge on any atom is 0.165 e. The van der Waals surface area contributed by atoms with E-state index in [2.05, 4.69) is 38.1 Å². The summed E-state index contributed by atoms with van der Waals surface area (Å²) in [6, 6.07) is 8.59. The molecule has 2 aliphatic rings. The Morgan fingerprint density at radius 1 is 0.739 bits per heavy atom. The quantitative estimate of drug-likeness (QED) is 0.465. The summed E-state index contributed by atoms with van der Waals surface area (Å²) in [6.07, 6.45) is 10.4. The number of rotatable bonds is 4. The SMILES string of the molecule is C.CC1CCC(OOc2ccc(C3CCC(C)CC3)cc2)CC1. The van der Waals surface area contributed by atoms with Crippen molar-refractivity contribution in [2.75, 3.05) is 0 Å². The summed E-state index contributed by atoms with van der Waals surface area (Å²) in [5, 5.41) is 0. The molecule has 2 nitrogen and oxygen atoms in total. The zero-order valence-corrected chi connectivity index (χ0v) is 14.1. The van der Waals surface area contributed by atoms with Crippen molar-refractivity contribution < 1.29 is 9.78 Å². The molecule has 0 heterocycles. The van der Waals surface area contributed by atoms with E-state index in [1.807, 2.05) is 0 Å². The van der Waals surface area contributed by atoms with Crippen molar-refractivity contribution in [2.24, 2.45) is 11.8 Å². The van der Waals surface area contributed by atoms with Gasteiger partial charge in [0.1, 0.15) is 6.10 Å². The molecule has 0 aliphatic heterocycles. The topological polar surface area (TPSA) is 18.5 Å². The Morgan fingerprint density at radius 2 is 1.26 bits per heavy atom. The van der Waals surface area contributed by atoms with E-state index in [0.717, 1.165) is 36.3 Å². The first-order valence-electron chi connectivity index (χ1n) is 9.14. The molecule has 0 bridgehead atoms. The summed E-state index contributed by atoms with van der Waals surface area (Å²) in [5.41, 5.74) is 1.46. The number of hydrogen-bond acceptors (Lipinski definition) is 2. The van der Waals surface area contributed by atoms with Crippen LogP contribution in [0.25, 0.3) is 0 Å². The maximum atomic E-state index is 5.62. The van der Waals surface area contributed by atoms with Crippen LogP contribution < -0.4 is 4.89 Å². The van der Waals surface area contributed by atoms with Crippen LogP contribution in [0.1, 0.15) is 84.1 Å². The average Bonchev–Trinajstić information content (AvgIpc) is 2.56. The van der Waals surface area contributed by atoms with E-state index in [4.69, 9.17) is 9.78 Å². The Hall–Kier alpha value is -1.02. The largest absolute Gasteiger partial charge is 0.337 e. The molecule has 1 aromatic rings. The van der Waals surface area contributed by atoms with Crippen molar-refractivity contribution in [3.63, 3.8) is 0 Å². The minimum atomic E-state index is 0. The fourth-order valence-corrected chi connectivity index (χ4v) is 3.84. The molecule has 3 rings (SSSR count). The summed E-state index contributed by atoms with van der Waals surface area (Å²) < 4.78 is 0. The molecule has 23 heavy (non-hydrogen) atoms. The number of benzene rings is 1. The lowest BCUT2D eigenvalue weighted by molar-refractivity contribution is -0.252. The molecule has 130 valence electrons. The van der Waals surface area contributed by atoms with E-state index in [9.17, 15) is 0 Å². The van der Waals surface area contributed by atoms with Gasteiger partial charge in [0, 0.05) is 0 Å². The normalized spacial score (nSPS) is 31.2. The first kappa shape index (κ1) is 18.3. The molecule has 0 spiro atoms. The Bertz CT molecular complexity index is 437. The Labute approximate surface area is 142 Å². The second-order valence-electron chi connectivity index (χ2n) is 7.59. The van der Waals surface area contributed by atoms with Crippen LogP contribution in [-0.4, -0.2) is 6.10 Å². The molecule has 0 atom stereocenters. The highest BCUT2D eigenvalue weighted by atomic mass is 17.2. The average molecular weight is 319 g/mol. The van der Waals surface area contributed by atoms with Gasteiger partial charge < -0.3 is 4.89 Å². The van der Waals surface area contributed by atoms with E-state index in [1.54, 1.807) is 0 Å². The van der Waals surface area contributed by atoms with E-state index in [0.29, 0.717) is 0 Å². The Kier molecular flexibility index (Phi) is 6.95. The van der Waals surface area contributed by atoms with Crippen LogP contribution in [0.15, 0.2) is 24.3 Å².